The fourth-order valence-electron chi connectivity index (χ4n) is 3.06. The molecule has 1 aliphatic heterocycles. The SMILES string of the molecule is O=C(c1ccccc1N1CCOCC1)n1ccc(-c2ccc[nH]c2=O)n1. The van der Waals surface area contributed by atoms with Crippen LogP contribution in [0.4, 0.5) is 5.69 Å². The van der Waals surface area contributed by atoms with Crippen molar-refractivity contribution in [3.05, 3.63) is 70.8 Å². The van der Waals surface area contributed by atoms with Gasteiger partial charge >= 0.3 is 0 Å². The number of H-pyrrole nitrogens is 1. The summed E-state index contributed by atoms with van der Waals surface area (Å²) < 4.78 is 6.67. The van der Waals surface area contributed by atoms with Gasteiger partial charge in [0.25, 0.3) is 11.5 Å². The van der Waals surface area contributed by atoms with Crippen molar-refractivity contribution in [1.82, 2.24) is 14.8 Å². The van der Waals surface area contributed by atoms with Gasteiger partial charge in [0.05, 0.1) is 30.0 Å². The Hall–Kier alpha value is -3.19. The van der Waals surface area contributed by atoms with Crippen LogP contribution in [0.2, 0.25) is 0 Å². The van der Waals surface area contributed by atoms with E-state index >= 15 is 0 Å². The molecule has 0 saturated carbocycles. The predicted molar refractivity (Wildman–Crippen MR) is 97.5 cm³/mol. The molecular weight excluding hydrogens is 332 g/mol. The minimum atomic E-state index is -0.237. The van der Waals surface area contributed by atoms with Crippen molar-refractivity contribution in [3.63, 3.8) is 0 Å². The molecule has 1 saturated heterocycles. The second kappa shape index (κ2) is 6.97. The van der Waals surface area contributed by atoms with Gasteiger partial charge in [-0.2, -0.15) is 5.10 Å². The maximum atomic E-state index is 13.0. The van der Waals surface area contributed by atoms with Gasteiger partial charge in [0, 0.05) is 31.2 Å². The number of morpholine rings is 1. The van der Waals surface area contributed by atoms with E-state index in [0.717, 1.165) is 18.8 Å². The number of nitrogens with zero attached hydrogens (tertiary/aromatic N) is 3. The zero-order valence-corrected chi connectivity index (χ0v) is 14.1. The standard InChI is InChI=1S/C19H18N4O3/c24-18-14(5-3-8-20-18)16-7-9-23(21-16)19(25)15-4-1-2-6-17(15)22-10-12-26-13-11-22/h1-9H,10-13H2,(H,20,24). The van der Waals surface area contributed by atoms with Gasteiger partial charge in [-0.3, -0.25) is 9.59 Å². The van der Waals surface area contributed by atoms with Gasteiger partial charge in [0.15, 0.2) is 0 Å². The van der Waals surface area contributed by atoms with Crippen molar-refractivity contribution in [2.75, 3.05) is 31.2 Å². The van der Waals surface area contributed by atoms with Crippen molar-refractivity contribution in [2.45, 2.75) is 0 Å². The summed E-state index contributed by atoms with van der Waals surface area (Å²) in [6.07, 6.45) is 3.15. The van der Waals surface area contributed by atoms with Gasteiger partial charge < -0.3 is 14.6 Å². The summed E-state index contributed by atoms with van der Waals surface area (Å²) in [6.45, 7) is 2.78. The first-order valence-corrected chi connectivity index (χ1v) is 8.44. The van der Waals surface area contributed by atoms with Gasteiger partial charge in [-0.15, -0.1) is 0 Å². The third-order valence-electron chi connectivity index (χ3n) is 4.38. The Labute approximate surface area is 149 Å². The van der Waals surface area contributed by atoms with Crippen LogP contribution in [0.15, 0.2) is 59.7 Å². The van der Waals surface area contributed by atoms with E-state index in [0.29, 0.717) is 30.0 Å². The molecule has 1 fully saturated rings. The van der Waals surface area contributed by atoms with Gasteiger partial charge in [-0.05, 0) is 30.3 Å². The highest BCUT2D eigenvalue weighted by Crippen LogP contribution is 2.23. The predicted octanol–water partition coefficient (Wildman–Crippen LogP) is 1.76. The Morgan fingerprint density at radius 1 is 1.08 bits per heavy atom. The van der Waals surface area contributed by atoms with E-state index in [4.69, 9.17) is 4.74 Å². The second-order valence-electron chi connectivity index (χ2n) is 5.98. The molecule has 0 unspecified atom stereocenters. The molecule has 7 heteroatoms. The number of ether oxygens (including phenoxy) is 1. The van der Waals surface area contributed by atoms with E-state index < -0.39 is 0 Å². The number of aromatic nitrogens is 3. The maximum absolute atomic E-state index is 13.0. The minimum Gasteiger partial charge on any atom is -0.378 e. The van der Waals surface area contributed by atoms with Gasteiger partial charge in [0.1, 0.15) is 0 Å². The lowest BCUT2D eigenvalue weighted by molar-refractivity contribution is 0.0944. The number of aromatic amines is 1. The fourth-order valence-corrected chi connectivity index (χ4v) is 3.06. The van der Waals surface area contributed by atoms with Crippen molar-refractivity contribution >= 4 is 11.6 Å². The quantitative estimate of drug-likeness (QED) is 0.779. The summed E-state index contributed by atoms with van der Waals surface area (Å²) in [5, 5.41) is 4.31. The number of pyridine rings is 1. The lowest BCUT2D eigenvalue weighted by Crippen LogP contribution is -2.37. The number of rotatable bonds is 3. The van der Waals surface area contributed by atoms with Crippen LogP contribution in [0.1, 0.15) is 10.4 Å². The molecular formula is C19H18N4O3. The monoisotopic (exact) mass is 350 g/mol. The molecule has 1 aliphatic rings. The molecule has 7 nitrogen and oxygen atoms in total. The molecule has 26 heavy (non-hydrogen) atoms. The molecule has 2 aromatic heterocycles. The Morgan fingerprint density at radius 3 is 2.69 bits per heavy atom. The number of hydrogen-bond donors (Lipinski definition) is 1. The van der Waals surface area contributed by atoms with Crippen LogP contribution in [0.3, 0.4) is 0 Å². The van der Waals surface area contributed by atoms with E-state index in [1.54, 1.807) is 36.7 Å². The Balaban J connectivity index is 1.67. The van der Waals surface area contributed by atoms with E-state index in [1.165, 1.54) is 4.68 Å². The van der Waals surface area contributed by atoms with E-state index in [1.807, 2.05) is 18.2 Å². The first kappa shape index (κ1) is 16.3. The summed E-state index contributed by atoms with van der Waals surface area (Å²) in [5.41, 5.74) is 2.10. The number of hydrogen-bond acceptors (Lipinski definition) is 5. The number of carbonyl (C=O) groups is 1. The van der Waals surface area contributed by atoms with E-state index in [9.17, 15) is 9.59 Å². The number of anilines is 1. The van der Waals surface area contributed by atoms with Crippen LogP contribution < -0.4 is 10.5 Å². The van der Waals surface area contributed by atoms with Gasteiger partial charge in [0.2, 0.25) is 0 Å². The maximum Gasteiger partial charge on any atom is 0.280 e. The van der Waals surface area contributed by atoms with Crippen LogP contribution in [0.5, 0.6) is 0 Å². The highest BCUT2D eigenvalue weighted by atomic mass is 16.5. The minimum absolute atomic E-state index is 0.231. The van der Waals surface area contributed by atoms with Crippen molar-refractivity contribution in [1.29, 1.82) is 0 Å². The number of benzene rings is 1. The van der Waals surface area contributed by atoms with Crippen molar-refractivity contribution < 1.29 is 9.53 Å². The van der Waals surface area contributed by atoms with Gasteiger partial charge in [-0.25, -0.2) is 4.68 Å². The third-order valence-corrected chi connectivity index (χ3v) is 4.38. The van der Waals surface area contributed by atoms with Crippen LogP contribution in [-0.2, 0) is 4.74 Å². The first-order valence-electron chi connectivity index (χ1n) is 8.44. The average Bonchev–Trinajstić information content (AvgIpc) is 3.18. The number of nitrogens with one attached hydrogen (secondary N) is 1. The molecule has 4 rings (SSSR count). The third kappa shape index (κ3) is 3.04. The highest BCUT2D eigenvalue weighted by molar-refractivity contribution is 6.01. The first-order chi connectivity index (χ1) is 12.7. The molecule has 0 atom stereocenters. The molecule has 0 radical (unpaired) electrons. The van der Waals surface area contributed by atoms with Crippen LogP contribution >= 0.6 is 0 Å². The molecule has 0 amide bonds. The molecule has 0 spiro atoms. The summed E-state index contributed by atoms with van der Waals surface area (Å²) in [5.74, 6) is -0.231. The van der Waals surface area contributed by atoms with Crippen molar-refractivity contribution in [2.24, 2.45) is 0 Å². The van der Waals surface area contributed by atoms with E-state index in [2.05, 4.69) is 15.0 Å². The zero-order valence-electron chi connectivity index (χ0n) is 14.1. The molecule has 132 valence electrons. The molecule has 1 aromatic carbocycles. The molecule has 3 aromatic rings. The fraction of sp³-hybridized carbons (Fsp3) is 0.211. The summed E-state index contributed by atoms with van der Waals surface area (Å²) in [7, 11) is 0. The molecule has 0 bridgehead atoms. The van der Waals surface area contributed by atoms with E-state index in [-0.39, 0.29) is 11.5 Å². The normalized spacial score (nSPS) is 14.4. The summed E-state index contributed by atoms with van der Waals surface area (Å²) in [4.78, 5) is 29.7. The topological polar surface area (TPSA) is 80.2 Å². The summed E-state index contributed by atoms with van der Waals surface area (Å²) >= 11 is 0. The van der Waals surface area contributed by atoms with Crippen LogP contribution in [0.25, 0.3) is 11.3 Å². The number of para-hydroxylation sites is 1. The lowest BCUT2D eigenvalue weighted by atomic mass is 10.1. The lowest BCUT2D eigenvalue weighted by Gasteiger charge is -2.30. The molecule has 0 aliphatic carbocycles. The number of carbonyl (C=O) groups excluding carboxylic acids is 1. The van der Waals surface area contributed by atoms with Crippen molar-refractivity contribution in [3.8, 4) is 11.3 Å². The molecule has 3 heterocycles. The Kier molecular flexibility index (Phi) is 4.37. The average molecular weight is 350 g/mol. The second-order valence-corrected chi connectivity index (χ2v) is 5.98. The van der Waals surface area contributed by atoms with Crippen LogP contribution in [0, 0.1) is 0 Å². The smallest absolute Gasteiger partial charge is 0.280 e. The highest BCUT2D eigenvalue weighted by Gasteiger charge is 2.20. The Morgan fingerprint density at radius 2 is 1.88 bits per heavy atom. The largest absolute Gasteiger partial charge is 0.378 e. The van der Waals surface area contributed by atoms with Crippen LogP contribution in [-0.4, -0.2) is 47.0 Å². The zero-order chi connectivity index (χ0) is 17.9. The van der Waals surface area contributed by atoms with Gasteiger partial charge in [-0.1, -0.05) is 12.1 Å². The summed E-state index contributed by atoms with van der Waals surface area (Å²) in [6, 6.07) is 12.6. The Bertz CT molecular complexity index is 986. The molecule has 1 N–H and O–H groups in total.